The van der Waals surface area contributed by atoms with Crippen molar-refractivity contribution < 1.29 is 9.53 Å². The fraction of sp³-hybridized carbons (Fsp3) is 0.100. The van der Waals surface area contributed by atoms with Gasteiger partial charge in [-0.05, 0) is 71.0 Å². The quantitative estimate of drug-likeness (QED) is 0.263. The second-order valence-electron chi connectivity index (χ2n) is 5.33. The molecule has 1 amide bonds. The van der Waals surface area contributed by atoms with Crippen molar-refractivity contribution in [1.29, 1.82) is 5.26 Å². The van der Waals surface area contributed by atoms with E-state index in [-0.39, 0.29) is 5.57 Å². The summed E-state index contributed by atoms with van der Waals surface area (Å²) >= 11 is 8.20. The second kappa shape index (κ2) is 9.41. The van der Waals surface area contributed by atoms with E-state index in [0.717, 1.165) is 20.4 Å². The van der Waals surface area contributed by atoms with Gasteiger partial charge in [-0.3, -0.25) is 4.79 Å². The third-order valence-corrected chi connectivity index (χ3v) is 4.76. The molecule has 26 heavy (non-hydrogen) atoms. The van der Waals surface area contributed by atoms with Crippen molar-refractivity contribution in [2.45, 2.75) is 6.92 Å². The van der Waals surface area contributed by atoms with Gasteiger partial charge in [-0.25, -0.2) is 0 Å². The van der Waals surface area contributed by atoms with Crippen molar-refractivity contribution >= 4 is 51.9 Å². The number of halogens is 2. The predicted octanol–water partition coefficient (Wildman–Crippen LogP) is 5.36. The smallest absolute Gasteiger partial charge is 0.266 e. The van der Waals surface area contributed by atoms with E-state index in [4.69, 9.17) is 16.3 Å². The van der Waals surface area contributed by atoms with Gasteiger partial charge in [-0.2, -0.15) is 5.26 Å². The van der Waals surface area contributed by atoms with E-state index in [0.29, 0.717) is 17.3 Å². The van der Waals surface area contributed by atoms with Gasteiger partial charge >= 0.3 is 0 Å². The molecule has 4 nitrogen and oxygen atoms in total. The highest BCUT2D eigenvalue weighted by Gasteiger charge is 2.12. The number of nitrogens with one attached hydrogen (secondary N) is 1. The maximum absolute atomic E-state index is 12.4. The molecule has 0 aliphatic heterocycles. The molecule has 0 saturated carbocycles. The fourth-order valence-corrected chi connectivity index (χ4v) is 2.99. The number of hydrogen-bond donors (Lipinski definition) is 1. The molecule has 0 spiro atoms. The summed E-state index contributed by atoms with van der Waals surface area (Å²) < 4.78 is 6.40. The zero-order valence-electron chi connectivity index (χ0n) is 14.1. The number of anilines is 1. The van der Waals surface area contributed by atoms with Gasteiger partial charge in [-0.15, -0.1) is 0 Å². The van der Waals surface area contributed by atoms with E-state index in [9.17, 15) is 10.1 Å². The monoisotopic (exact) mass is 478 g/mol. The molecule has 0 radical (unpaired) electrons. The van der Waals surface area contributed by atoms with Crippen molar-refractivity contribution in [2.75, 3.05) is 11.9 Å². The van der Waals surface area contributed by atoms with Crippen LogP contribution < -0.4 is 10.1 Å². The first-order chi connectivity index (χ1) is 12.5. The molecule has 2 aromatic carbocycles. The summed E-state index contributed by atoms with van der Waals surface area (Å²) in [6.45, 7) is 5.83. The van der Waals surface area contributed by atoms with Crippen molar-refractivity contribution in [3.8, 4) is 11.8 Å². The SMILES string of the molecule is C=CCOc1ccc(/C=C(/C#N)C(=O)Nc2cccc(Cl)c2C)cc1I. The number of ether oxygens (including phenoxy) is 1. The van der Waals surface area contributed by atoms with Crippen LogP contribution >= 0.6 is 34.2 Å². The summed E-state index contributed by atoms with van der Waals surface area (Å²) in [6, 6.07) is 12.6. The summed E-state index contributed by atoms with van der Waals surface area (Å²) in [7, 11) is 0. The minimum Gasteiger partial charge on any atom is -0.488 e. The maximum atomic E-state index is 12.4. The van der Waals surface area contributed by atoms with E-state index in [1.165, 1.54) is 6.08 Å². The Morgan fingerprint density at radius 3 is 2.85 bits per heavy atom. The lowest BCUT2D eigenvalue weighted by Crippen LogP contribution is -2.14. The Morgan fingerprint density at radius 2 is 2.19 bits per heavy atom. The Morgan fingerprint density at radius 1 is 1.42 bits per heavy atom. The largest absolute Gasteiger partial charge is 0.488 e. The van der Waals surface area contributed by atoms with Crippen LogP contribution in [0.4, 0.5) is 5.69 Å². The molecule has 1 N–H and O–H groups in total. The zero-order chi connectivity index (χ0) is 19.1. The van der Waals surface area contributed by atoms with Crippen LogP contribution in [0, 0.1) is 21.8 Å². The standard InChI is InChI=1S/C20H16ClIN2O2/c1-3-9-26-19-8-7-14(11-17(19)22)10-15(12-23)20(25)24-18-6-4-5-16(21)13(18)2/h3-8,10-11H,1,9H2,2H3,(H,24,25)/b15-10-. The molecule has 2 aromatic rings. The summed E-state index contributed by atoms with van der Waals surface area (Å²) in [6.07, 6.45) is 3.20. The Bertz CT molecular complexity index is 917. The summed E-state index contributed by atoms with van der Waals surface area (Å²) in [5.74, 6) is 0.236. The molecule has 6 heteroatoms. The van der Waals surface area contributed by atoms with Crippen molar-refractivity contribution in [3.63, 3.8) is 0 Å². The first kappa shape index (κ1) is 20.0. The van der Waals surface area contributed by atoms with Gasteiger partial charge in [-0.1, -0.05) is 36.4 Å². The summed E-state index contributed by atoms with van der Waals surface area (Å²) in [5.41, 5.74) is 2.05. The van der Waals surface area contributed by atoms with Crippen LogP contribution in [0.5, 0.6) is 5.75 Å². The number of hydrogen-bond acceptors (Lipinski definition) is 3. The Kier molecular flexibility index (Phi) is 7.25. The van der Waals surface area contributed by atoms with Crippen LogP contribution in [0.2, 0.25) is 5.02 Å². The molecule has 0 unspecified atom stereocenters. The summed E-state index contributed by atoms with van der Waals surface area (Å²) in [5, 5.41) is 12.6. The van der Waals surface area contributed by atoms with Gasteiger partial charge in [0.25, 0.3) is 5.91 Å². The molecule has 132 valence electrons. The Labute approximate surface area is 171 Å². The highest BCUT2D eigenvalue weighted by molar-refractivity contribution is 14.1. The summed E-state index contributed by atoms with van der Waals surface area (Å²) in [4.78, 5) is 12.4. The van der Waals surface area contributed by atoms with Crippen molar-refractivity contribution in [2.24, 2.45) is 0 Å². The molecule has 0 aliphatic carbocycles. The van der Waals surface area contributed by atoms with Crippen LogP contribution in [-0.2, 0) is 4.79 Å². The Hall–Kier alpha value is -2.30. The molecule has 0 bridgehead atoms. The fourth-order valence-electron chi connectivity index (χ4n) is 2.12. The van der Waals surface area contributed by atoms with Crippen LogP contribution in [-0.4, -0.2) is 12.5 Å². The first-order valence-corrected chi connectivity index (χ1v) is 9.13. The lowest BCUT2D eigenvalue weighted by molar-refractivity contribution is -0.112. The van der Waals surface area contributed by atoms with E-state index < -0.39 is 5.91 Å². The average Bonchev–Trinajstić information content (AvgIpc) is 2.62. The predicted molar refractivity (Wildman–Crippen MR) is 113 cm³/mol. The van der Waals surface area contributed by atoms with Crippen LogP contribution in [0.1, 0.15) is 11.1 Å². The number of amides is 1. The van der Waals surface area contributed by atoms with Gasteiger partial charge < -0.3 is 10.1 Å². The van der Waals surface area contributed by atoms with E-state index >= 15 is 0 Å². The van der Waals surface area contributed by atoms with Crippen molar-refractivity contribution in [3.05, 3.63) is 74.3 Å². The minimum absolute atomic E-state index is 0.0000598. The highest BCUT2D eigenvalue weighted by atomic mass is 127. The van der Waals surface area contributed by atoms with E-state index in [1.807, 2.05) is 12.1 Å². The third kappa shape index (κ3) is 5.10. The zero-order valence-corrected chi connectivity index (χ0v) is 17.0. The molecule has 0 atom stereocenters. The lowest BCUT2D eigenvalue weighted by atomic mass is 10.1. The topological polar surface area (TPSA) is 62.1 Å². The molecule has 0 aliphatic rings. The molecule has 0 fully saturated rings. The average molecular weight is 479 g/mol. The Balaban J connectivity index is 2.23. The van der Waals surface area contributed by atoms with Crippen LogP contribution in [0.15, 0.2) is 54.6 Å². The first-order valence-electron chi connectivity index (χ1n) is 7.67. The number of carbonyl (C=O) groups is 1. The second-order valence-corrected chi connectivity index (χ2v) is 6.90. The minimum atomic E-state index is -0.486. The number of benzene rings is 2. The normalized spacial score (nSPS) is 10.8. The molecule has 0 aromatic heterocycles. The highest BCUT2D eigenvalue weighted by Crippen LogP contribution is 2.25. The van der Waals surface area contributed by atoms with Gasteiger partial charge in [0.1, 0.15) is 24.0 Å². The van der Waals surface area contributed by atoms with Crippen molar-refractivity contribution in [1.82, 2.24) is 0 Å². The lowest BCUT2D eigenvalue weighted by Gasteiger charge is -2.09. The molecular formula is C20H16ClIN2O2. The third-order valence-electron chi connectivity index (χ3n) is 3.50. The molecular weight excluding hydrogens is 463 g/mol. The number of nitriles is 1. The van der Waals surface area contributed by atoms with E-state index in [2.05, 4.69) is 34.5 Å². The van der Waals surface area contributed by atoms with Gasteiger partial charge in [0, 0.05) is 10.7 Å². The van der Waals surface area contributed by atoms with Gasteiger partial charge in [0.15, 0.2) is 0 Å². The molecule has 2 rings (SSSR count). The molecule has 0 saturated heterocycles. The van der Waals surface area contributed by atoms with E-state index in [1.54, 1.807) is 43.3 Å². The van der Waals surface area contributed by atoms with Crippen LogP contribution in [0.25, 0.3) is 6.08 Å². The number of nitrogens with zero attached hydrogens (tertiary/aromatic N) is 1. The molecule has 0 heterocycles. The number of carbonyl (C=O) groups excluding carboxylic acids is 1. The van der Waals surface area contributed by atoms with Crippen LogP contribution in [0.3, 0.4) is 0 Å². The van der Waals surface area contributed by atoms with Gasteiger partial charge in [0.05, 0.1) is 3.57 Å². The number of rotatable bonds is 6. The van der Waals surface area contributed by atoms with Gasteiger partial charge in [0.2, 0.25) is 0 Å². The maximum Gasteiger partial charge on any atom is 0.266 e.